The van der Waals surface area contributed by atoms with Crippen LogP contribution in [0.15, 0.2) is 18.2 Å². The number of hydrogen-bond acceptors (Lipinski definition) is 2. The molecule has 1 aromatic carbocycles. The van der Waals surface area contributed by atoms with Gasteiger partial charge in [-0.15, -0.1) is 0 Å². The van der Waals surface area contributed by atoms with E-state index in [0.717, 1.165) is 18.9 Å². The fourth-order valence-electron chi connectivity index (χ4n) is 2.15. The highest BCUT2D eigenvalue weighted by molar-refractivity contribution is 5.37. The Morgan fingerprint density at radius 3 is 2.62 bits per heavy atom. The zero-order valence-corrected chi connectivity index (χ0v) is 10.3. The fourth-order valence-corrected chi connectivity index (χ4v) is 2.15. The molecule has 0 saturated carbocycles. The molecule has 0 bridgehead atoms. The number of rotatable bonds is 4. The summed E-state index contributed by atoms with van der Waals surface area (Å²) >= 11 is 0. The molecule has 1 aromatic rings. The second kappa shape index (κ2) is 5.35. The van der Waals surface area contributed by atoms with Crippen molar-refractivity contribution in [2.24, 2.45) is 0 Å². The molecular formula is C14H21NO. The predicted octanol–water partition coefficient (Wildman–Crippen LogP) is 2.51. The van der Waals surface area contributed by atoms with Gasteiger partial charge in [-0.05, 0) is 63.0 Å². The van der Waals surface area contributed by atoms with E-state index in [9.17, 15) is 0 Å². The average Bonchev–Trinajstić information content (AvgIpc) is 2.28. The molecule has 0 saturated heterocycles. The predicted molar refractivity (Wildman–Crippen MR) is 67.1 cm³/mol. The van der Waals surface area contributed by atoms with Crippen LogP contribution in [0, 0.1) is 0 Å². The molecule has 2 nitrogen and oxygen atoms in total. The van der Waals surface area contributed by atoms with Gasteiger partial charge in [0.25, 0.3) is 0 Å². The van der Waals surface area contributed by atoms with Crippen LogP contribution in [0.4, 0.5) is 0 Å². The zero-order chi connectivity index (χ0) is 11.4. The third kappa shape index (κ3) is 2.99. The molecule has 0 atom stereocenters. The summed E-state index contributed by atoms with van der Waals surface area (Å²) in [6.45, 7) is 1.74. The molecule has 88 valence electrons. The standard InChI is InChI=1S/C14H21NO/c1-15(2)9-10-16-14-8-7-12-5-3-4-6-13(12)11-14/h7-8,11H,3-6,9-10H2,1-2H3. The summed E-state index contributed by atoms with van der Waals surface area (Å²) in [7, 11) is 4.13. The average molecular weight is 219 g/mol. The molecule has 1 aliphatic rings. The molecule has 16 heavy (non-hydrogen) atoms. The molecule has 0 radical (unpaired) electrons. The van der Waals surface area contributed by atoms with Crippen molar-refractivity contribution in [3.05, 3.63) is 29.3 Å². The third-order valence-electron chi connectivity index (χ3n) is 3.13. The van der Waals surface area contributed by atoms with Gasteiger partial charge in [-0.1, -0.05) is 6.07 Å². The molecule has 0 heterocycles. The summed E-state index contributed by atoms with van der Waals surface area (Å²) in [6.07, 6.45) is 5.13. The van der Waals surface area contributed by atoms with Crippen LogP contribution in [0.2, 0.25) is 0 Å². The minimum Gasteiger partial charge on any atom is -0.492 e. The molecule has 0 spiro atoms. The Labute approximate surface area is 98.2 Å². The van der Waals surface area contributed by atoms with Gasteiger partial charge in [0.15, 0.2) is 0 Å². The van der Waals surface area contributed by atoms with Gasteiger partial charge in [-0.3, -0.25) is 0 Å². The van der Waals surface area contributed by atoms with Crippen LogP contribution >= 0.6 is 0 Å². The van der Waals surface area contributed by atoms with Crippen LogP contribution in [0.25, 0.3) is 0 Å². The lowest BCUT2D eigenvalue weighted by Gasteiger charge is -2.17. The summed E-state index contributed by atoms with van der Waals surface area (Å²) in [5, 5.41) is 0. The highest BCUT2D eigenvalue weighted by Crippen LogP contribution is 2.25. The lowest BCUT2D eigenvalue weighted by atomic mass is 9.92. The Kier molecular flexibility index (Phi) is 3.83. The maximum atomic E-state index is 5.74. The van der Waals surface area contributed by atoms with Gasteiger partial charge >= 0.3 is 0 Å². The topological polar surface area (TPSA) is 12.5 Å². The van der Waals surface area contributed by atoms with Crippen LogP contribution < -0.4 is 4.74 Å². The first kappa shape index (κ1) is 11.5. The van der Waals surface area contributed by atoms with E-state index in [0.29, 0.717) is 0 Å². The van der Waals surface area contributed by atoms with E-state index in [4.69, 9.17) is 4.74 Å². The quantitative estimate of drug-likeness (QED) is 0.771. The number of fused-ring (bicyclic) bond motifs is 1. The van der Waals surface area contributed by atoms with Crippen molar-refractivity contribution in [2.45, 2.75) is 25.7 Å². The molecule has 2 heteroatoms. The maximum Gasteiger partial charge on any atom is 0.119 e. The number of aryl methyl sites for hydroxylation is 2. The second-order valence-corrected chi connectivity index (χ2v) is 4.79. The number of hydrogen-bond donors (Lipinski definition) is 0. The van der Waals surface area contributed by atoms with Crippen molar-refractivity contribution in [1.82, 2.24) is 4.90 Å². The third-order valence-corrected chi connectivity index (χ3v) is 3.13. The minimum atomic E-state index is 0.770. The molecule has 0 aromatic heterocycles. The molecule has 0 amide bonds. The molecule has 0 unspecified atom stereocenters. The van der Waals surface area contributed by atoms with E-state index in [2.05, 4.69) is 37.2 Å². The van der Waals surface area contributed by atoms with Crippen molar-refractivity contribution in [3.63, 3.8) is 0 Å². The lowest BCUT2D eigenvalue weighted by Crippen LogP contribution is -2.19. The summed E-state index contributed by atoms with van der Waals surface area (Å²) < 4.78 is 5.74. The van der Waals surface area contributed by atoms with E-state index < -0.39 is 0 Å². The normalized spacial score (nSPS) is 14.9. The van der Waals surface area contributed by atoms with Crippen molar-refractivity contribution in [1.29, 1.82) is 0 Å². The Hall–Kier alpha value is -1.02. The van der Waals surface area contributed by atoms with E-state index in [-0.39, 0.29) is 0 Å². The maximum absolute atomic E-state index is 5.74. The highest BCUT2D eigenvalue weighted by atomic mass is 16.5. The van der Waals surface area contributed by atoms with Crippen LogP contribution in [0.3, 0.4) is 0 Å². The molecule has 0 aliphatic heterocycles. The van der Waals surface area contributed by atoms with Gasteiger partial charge in [-0.25, -0.2) is 0 Å². The Morgan fingerprint density at radius 1 is 1.12 bits per heavy atom. The van der Waals surface area contributed by atoms with Crippen LogP contribution in [0.5, 0.6) is 5.75 Å². The smallest absolute Gasteiger partial charge is 0.119 e. The summed E-state index contributed by atoms with van der Waals surface area (Å²) in [4.78, 5) is 2.14. The highest BCUT2D eigenvalue weighted by Gasteiger charge is 2.09. The number of benzene rings is 1. The fraction of sp³-hybridized carbons (Fsp3) is 0.571. The van der Waals surface area contributed by atoms with Crippen molar-refractivity contribution in [3.8, 4) is 5.75 Å². The van der Waals surface area contributed by atoms with E-state index >= 15 is 0 Å². The number of likely N-dealkylation sites (N-methyl/N-ethyl adjacent to an activating group) is 1. The summed E-state index contributed by atoms with van der Waals surface area (Å²) in [5.74, 6) is 1.03. The van der Waals surface area contributed by atoms with Gasteiger partial charge in [0.1, 0.15) is 12.4 Å². The Balaban J connectivity index is 1.95. The Bertz CT molecular complexity index is 347. The van der Waals surface area contributed by atoms with Gasteiger partial charge in [0, 0.05) is 6.54 Å². The number of nitrogens with zero attached hydrogens (tertiary/aromatic N) is 1. The Morgan fingerprint density at radius 2 is 1.88 bits per heavy atom. The first-order valence-electron chi connectivity index (χ1n) is 6.15. The summed E-state index contributed by atoms with van der Waals surface area (Å²) in [6, 6.07) is 6.57. The van der Waals surface area contributed by atoms with Gasteiger partial charge in [0.2, 0.25) is 0 Å². The monoisotopic (exact) mass is 219 g/mol. The van der Waals surface area contributed by atoms with Crippen molar-refractivity contribution in [2.75, 3.05) is 27.2 Å². The zero-order valence-electron chi connectivity index (χ0n) is 10.3. The van der Waals surface area contributed by atoms with Crippen molar-refractivity contribution < 1.29 is 4.74 Å². The van der Waals surface area contributed by atoms with Gasteiger partial charge < -0.3 is 9.64 Å². The first-order chi connectivity index (χ1) is 7.75. The van der Waals surface area contributed by atoms with Crippen LogP contribution in [0.1, 0.15) is 24.0 Å². The molecule has 0 N–H and O–H groups in total. The molecular weight excluding hydrogens is 198 g/mol. The minimum absolute atomic E-state index is 0.770. The molecule has 0 fully saturated rings. The van der Waals surface area contributed by atoms with E-state index in [1.54, 1.807) is 0 Å². The van der Waals surface area contributed by atoms with Crippen LogP contribution in [-0.4, -0.2) is 32.1 Å². The van der Waals surface area contributed by atoms with E-state index in [1.807, 2.05) is 0 Å². The second-order valence-electron chi connectivity index (χ2n) is 4.79. The SMILES string of the molecule is CN(C)CCOc1ccc2c(c1)CCCC2. The lowest BCUT2D eigenvalue weighted by molar-refractivity contribution is 0.261. The van der Waals surface area contributed by atoms with E-state index in [1.165, 1.54) is 36.8 Å². The van der Waals surface area contributed by atoms with Crippen LogP contribution in [-0.2, 0) is 12.8 Å². The molecule has 1 aliphatic carbocycles. The largest absolute Gasteiger partial charge is 0.492 e. The van der Waals surface area contributed by atoms with Gasteiger partial charge in [0.05, 0.1) is 0 Å². The molecule has 2 rings (SSSR count). The van der Waals surface area contributed by atoms with Gasteiger partial charge in [-0.2, -0.15) is 0 Å². The number of ether oxygens (including phenoxy) is 1. The van der Waals surface area contributed by atoms with Crippen molar-refractivity contribution >= 4 is 0 Å². The summed E-state index contributed by atoms with van der Waals surface area (Å²) in [5.41, 5.74) is 3.01. The first-order valence-corrected chi connectivity index (χ1v) is 6.15.